The summed E-state index contributed by atoms with van der Waals surface area (Å²) in [5.41, 5.74) is 0.897. The molecule has 5 nitrogen and oxygen atoms in total. The van der Waals surface area contributed by atoms with Crippen molar-refractivity contribution in [3.8, 4) is 11.5 Å². The molecule has 0 spiro atoms. The second kappa shape index (κ2) is 5.54. The second-order valence-electron chi connectivity index (χ2n) is 5.12. The van der Waals surface area contributed by atoms with E-state index in [9.17, 15) is 9.90 Å². The topological polar surface area (TPSA) is 67.8 Å². The zero-order valence-corrected chi connectivity index (χ0v) is 12.8. The van der Waals surface area contributed by atoms with E-state index in [1.807, 2.05) is 32.0 Å². The lowest BCUT2D eigenvalue weighted by Gasteiger charge is -2.21. The Hall–Kier alpha value is -1.40. The minimum atomic E-state index is -0.841. The van der Waals surface area contributed by atoms with Crippen LogP contribution >= 0.6 is 11.8 Å². The van der Waals surface area contributed by atoms with Gasteiger partial charge in [-0.2, -0.15) is 0 Å². The van der Waals surface area contributed by atoms with E-state index < -0.39 is 16.8 Å². The highest BCUT2D eigenvalue weighted by molar-refractivity contribution is 8.01. The first-order chi connectivity index (χ1) is 9.40. The molecule has 110 valence electrons. The molecule has 1 aliphatic heterocycles. The van der Waals surface area contributed by atoms with E-state index in [1.54, 1.807) is 26.0 Å². The van der Waals surface area contributed by atoms with Gasteiger partial charge in [0.15, 0.2) is 11.5 Å². The van der Waals surface area contributed by atoms with E-state index in [4.69, 9.17) is 9.47 Å². The molecule has 0 bridgehead atoms. The molecule has 1 heterocycles. The first kappa shape index (κ1) is 15.0. The van der Waals surface area contributed by atoms with Gasteiger partial charge in [-0.25, -0.2) is 0 Å². The van der Waals surface area contributed by atoms with Crippen LogP contribution in [0.4, 0.5) is 0 Å². The van der Waals surface area contributed by atoms with Crippen LogP contribution in [0.2, 0.25) is 0 Å². The number of hydrogen-bond donors (Lipinski definition) is 2. The third kappa shape index (κ3) is 2.58. The van der Waals surface area contributed by atoms with Gasteiger partial charge in [0.2, 0.25) is 0 Å². The molecule has 1 saturated heterocycles. The Bertz CT molecular complexity index is 518. The van der Waals surface area contributed by atoms with Crippen LogP contribution in [0.15, 0.2) is 18.2 Å². The van der Waals surface area contributed by atoms with Crippen molar-refractivity contribution < 1.29 is 19.4 Å². The van der Waals surface area contributed by atoms with Crippen LogP contribution in [0.5, 0.6) is 11.5 Å². The van der Waals surface area contributed by atoms with Gasteiger partial charge in [0.05, 0.1) is 19.6 Å². The molecule has 0 amide bonds. The third-order valence-electron chi connectivity index (χ3n) is 3.40. The number of carboxylic acids is 1. The Morgan fingerprint density at radius 2 is 2.05 bits per heavy atom. The molecule has 2 N–H and O–H groups in total. The van der Waals surface area contributed by atoms with Crippen molar-refractivity contribution >= 4 is 17.7 Å². The fraction of sp³-hybridized carbons (Fsp3) is 0.500. The standard InChI is InChI=1S/C14H19NO4S/c1-14(2)11(13(16)17)15-12(20-14)8-6-5-7-9(18-3)10(8)19-4/h5-7,11-12,15H,1-4H3,(H,16,17). The van der Waals surface area contributed by atoms with Crippen molar-refractivity contribution in [2.75, 3.05) is 14.2 Å². The van der Waals surface area contributed by atoms with Gasteiger partial charge in [-0.1, -0.05) is 12.1 Å². The summed E-state index contributed by atoms with van der Waals surface area (Å²) in [5, 5.41) is 12.3. The summed E-state index contributed by atoms with van der Waals surface area (Å²) in [6.07, 6.45) is 0. The van der Waals surface area contributed by atoms with Crippen molar-refractivity contribution in [1.29, 1.82) is 0 Å². The number of methoxy groups -OCH3 is 2. The Morgan fingerprint density at radius 3 is 2.55 bits per heavy atom. The van der Waals surface area contributed by atoms with Gasteiger partial charge in [0.1, 0.15) is 6.04 Å². The predicted molar refractivity (Wildman–Crippen MR) is 78.5 cm³/mol. The fourth-order valence-electron chi connectivity index (χ4n) is 2.40. The Balaban J connectivity index is 2.37. The van der Waals surface area contributed by atoms with Crippen molar-refractivity contribution in [2.24, 2.45) is 0 Å². The molecule has 1 aromatic carbocycles. The van der Waals surface area contributed by atoms with Crippen molar-refractivity contribution in [3.05, 3.63) is 23.8 Å². The van der Waals surface area contributed by atoms with Crippen LogP contribution < -0.4 is 14.8 Å². The molecule has 2 atom stereocenters. The molecule has 1 aromatic rings. The van der Waals surface area contributed by atoms with Gasteiger partial charge in [0, 0.05) is 10.3 Å². The molecule has 0 radical (unpaired) electrons. The van der Waals surface area contributed by atoms with E-state index in [-0.39, 0.29) is 5.37 Å². The first-order valence-electron chi connectivity index (χ1n) is 6.28. The lowest BCUT2D eigenvalue weighted by Crippen LogP contribution is -2.43. The van der Waals surface area contributed by atoms with Crippen molar-refractivity contribution in [3.63, 3.8) is 0 Å². The monoisotopic (exact) mass is 297 g/mol. The quantitative estimate of drug-likeness (QED) is 0.888. The summed E-state index contributed by atoms with van der Waals surface area (Å²) in [6, 6.07) is 5.02. The predicted octanol–water partition coefficient (Wildman–Crippen LogP) is 2.27. The van der Waals surface area contributed by atoms with Gasteiger partial charge < -0.3 is 14.6 Å². The lowest BCUT2D eigenvalue weighted by atomic mass is 10.0. The highest BCUT2D eigenvalue weighted by Gasteiger charge is 2.46. The zero-order chi connectivity index (χ0) is 14.9. The minimum absolute atomic E-state index is 0.142. The number of ether oxygens (including phenoxy) is 2. The minimum Gasteiger partial charge on any atom is -0.493 e. The summed E-state index contributed by atoms with van der Waals surface area (Å²) < 4.78 is 10.3. The first-order valence-corrected chi connectivity index (χ1v) is 7.16. The average molecular weight is 297 g/mol. The molecule has 6 heteroatoms. The maximum atomic E-state index is 11.3. The molecular weight excluding hydrogens is 278 g/mol. The van der Waals surface area contributed by atoms with E-state index in [1.165, 1.54) is 0 Å². The molecule has 1 aliphatic rings. The summed E-state index contributed by atoms with van der Waals surface area (Å²) in [4.78, 5) is 11.3. The molecule has 20 heavy (non-hydrogen) atoms. The van der Waals surface area contributed by atoms with Gasteiger partial charge in [-0.3, -0.25) is 10.1 Å². The molecule has 2 unspecified atom stereocenters. The summed E-state index contributed by atoms with van der Waals surface area (Å²) in [5.74, 6) is 0.442. The number of nitrogens with one attached hydrogen (secondary N) is 1. The smallest absolute Gasteiger partial charge is 0.322 e. The van der Waals surface area contributed by atoms with Gasteiger partial charge in [-0.05, 0) is 19.9 Å². The SMILES string of the molecule is COc1cccc(C2NC(C(=O)O)C(C)(C)S2)c1OC. The number of rotatable bonds is 4. The number of hydrogen-bond acceptors (Lipinski definition) is 5. The molecule has 0 aliphatic carbocycles. The zero-order valence-electron chi connectivity index (χ0n) is 12.0. The number of thioether (sulfide) groups is 1. The van der Waals surface area contributed by atoms with Crippen molar-refractivity contribution in [1.82, 2.24) is 5.32 Å². The highest BCUT2D eigenvalue weighted by atomic mass is 32.2. The highest BCUT2D eigenvalue weighted by Crippen LogP contribution is 2.49. The Kier molecular flexibility index (Phi) is 4.15. The van der Waals surface area contributed by atoms with Crippen LogP contribution in [-0.2, 0) is 4.79 Å². The van der Waals surface area contributed by atoms with E-state index in [0.29, 0.717) is 11.5 Å². The third-order valence-corrected chi connectivity index (χ3v) is 4.87. The van der Waals surface area contributed by atoms with E-state index in [2.05, 4.69) is 5.32 Å². The van der Waals surface area contributed by atoms with E-state index >= 15 is 0 Å². The summed E-state index contributed by atoms with van der Waals surface area (Å²) >= 11 is 1.58. The average Bonchev–Trinajstić information content (AvgIpc) is 2.73. The number of aliphatic carboxylic acids is 1. The van der Waals surface area contributed by atoms with E-state index in [0.717, 1.165) is 5.56 Å². The van der Waals surface area contributed by atoms with Crippen LogP contribution in [0.3, 0.4) is 0 Å². The number of carboxylic acid groups (broad SMARTS) is 1. The number of para-hydroxylation sites is 1. The maximum absolute atomic E-state index is 11.3. The van der Waals surface area contributed by atoms with Crippen LogP contribution in [0.25, 0.3) is 0 Å². The van der Waals surface area contributed by atoms with Crippen molar-refractivity contribution in [2.45, 2.75) is 30.0 Å². The molecule has 2 rings (SSSR count). The number of benzene rings is 1. The van der Waals surface area contributed by atoms with Gasteiger partial charge in [0.25, 0.3) is 0 Å². The molecule has 1 fully saturated rings. The Labute approximate surface area is 122 Å². The summed E-state index contributed by atoms with van der Waals surface area (Å²) in [7, 11) is 3.17. The van der Waals surface area contributed by atoms with Crippen LogP contribution in [0.1, 0.15) is 24.8 Å². The normalized spacial score (nSPS) is 24.4. The second-order valence-corrected chi connectivity index (χ2v) is 6.88. The molecule has 0 saturated carbocycles. The molecule has 0 aromatic heterocycles. The fourth-order valence-corrected chi connectivity index (χ4v) is 3.83. The maximum Gasteiger partial charge on any atom is 0.322 e. The van der Waals surface area contributed by atoms with Gasteiger partial charge >= 0.3 is 5.97 Å². The lowest BCUT2D eigenvalue weighted by molar-refractivity contribution is -0.139. The number of carbonyl (C=O) groups is 1. The van der Waals surface area contributed by atoms with Crippen LogP contribution in [0, 0.1) is 0 Å². The Morgan fingerprint density at radius 1 is 1.35 bits per heavy atom. The summed E-state index contributed by atoms with van der Waals surface area (Å²) in [6.45, 7) is 3.85. The van der Waals surface area contributed by atoms with Gasteiger partial charge in [-0.15, -0.1) is 11.8 Å². The molecular formula is C14H19NO4S. The van der Waals surface area contributed by atoms with Crippen LogP contribution in [-0.4, -0.2) is 36.1 Å². The largest absolute Gasteiger partial charge is 0.493 e.